The topological polar surface area (TPSA) is 94.0 Å². The van der Waals surface area contributed by atoms with Crippen molar-refractivity contribution in [1.29, 1.82) is 0 Å². The lowest BCUT2D eigenvalue weighted by atomic mass is 10.1. The normalized spacial score (nSPS) is 17.2. The van der Waals surface area contributed by atoms with Crippen LogP contribution in [0.15, 0.2) is 29.3 Å². The lowest BCUT2D eigenvalue weighted by molar-refractivity contribution is 0.306. The number of aryl methyl sites for hydroxylation is 1. The fourth-order valence-electron chi connectivity index (χ4n) is 3.01. The highest BCUT2D eigenvalue weighted by molar-refractivity contribution is 7.89. The van der Waals surface area contributed by atoms with Gasteiger partial charge >= 0.3 is 0 Å². The second-order valence-electron chi connectivity index (χ2n) is 6.49. The smallest absolute Gasteiger partial charge is 0.213 e. The SMILES string of the molecule is CCS(=O)(=O)N1CCC(NC(=NC)NCCCc2ccc(O)cc2)CC1. The number of guanidine groups is 1. The lowest BCUT2D eigenvalue weighted by Crippen LogP contribution is -2.50. The molecule has 1 aromatic carbocycles. The average Bonchev–Trinajstić information content (AvgIpc) is 2.66. The molecule has 26 heavy (non-hydrogen) atoms. The molecule has 3 N–H and O–H groups in total. The van der Waals surface area contributed by atoms with Crippen LogP contribution in [-0.2, 0) is 16.4 Å². The van der Waals surface area contributed by atoms with Crippen molar-refractivity contribution in [2.75, 3.05) is 32.4 Å². The van der Waals surface area contributed by atoms with Gasteiger partial charge < -0.3 is 15.7 Å². The Morgan fingerprint density at radius 1 is 1.27 bits per heavy atom. The van der Waals surface area contributed by atoms with E-state index in [0.717, 1.165) is 38.2 Å². The Morgan fingerprint density at radius 3 is 2.50 bits per heavy atom. The molecule has 1 heterocycles. The molecule has 0 amide bonds. The molecule has 0 aliphatic carbocycles. The predicted molar refractivity (Wildman–Crippen MR) is 105 cm³/mol. The third kappa shape index (κ3) is 6.17. The van der Waals surface area contributed by atoms with Gasteiger partial charge in [0.1, 0.15) is 5.75 Å². The van der Waals surface area contributed by atoms with Crippen LogP contribution in [-0.4, -0.2) is 62.3 Å². The first-order valence-corrected chi connectivity index (χ1v) is 10.8. The van der Waals surface area contributed by atoms with Gasteiger partial charge in [-0.25, -0.2) is 12.7 Å². The molecule has 1 aliphatic heterocycles. The fourth-order valence-corrected chi connectivity index (χ4v) is 4.14. The van der Waals surface area contributed by atoms with Gasteiger partial charge in [0.05, 0.1) is 5.75 Å². The Labute approximate surface area is 156 Å². The van der Waals surface area contributed by atoms with Crippen LogP contribution in [0.4, 0.5) is 0 Å². The van der Waals surface area contributed by atoms with Crippen LogP contribution in [0, 0.1) is 0 Å². The van der Waals surface area contributed by atoms with Gasteiger partial charge in [0, 0.05) is 32.7 Å². The number of aromatic hydroxyl groups is 1. The number of piperidine rings is 1. The van der Waals surface area contributed by atoms with E-state index in [1.165, 1.54) is 5.56 Å². The average molecular weight is 383 g/mol. The van der Waals surface area contributed by atoms with Gasteiger partial charge in [-0.05, 0) is 50.3 Å². The number of phenolic OH excluding ortho intramolecular Hbond substituents is 1. The summed E-state index contributed by atoms with van der Waals surface area (Å²) < 4.78 is 25.4. The number of nitrogens with zero attached hydrogens (tertiary/aromatic N) is 2. The second-order valence-corrected chi connectivity index (χ2v) is 8.74. The molecule has 0 saturated carbocycles. The predicted octanol–water partition coefficient (Wildman–Crippen LogP) is 1.30. The number of rotatable bonds is 7. The zero-order valence-corrected chi connectivity index (χ0v) is 16.4. The maximum Gasteiger partial charge on any atom is 0.213 e. The number of sulfonamides is 1. The van der Waals surface area contributed by atoms with E-state index in [1.807, 2.05) is 12.1 Å². The number of hydrogen-bond donors (Lipinski definition) is 3. The van der Waals surface area contributed by atoms with Crippen LogP contribution >= 0.6 is 0 Å². The van der Waals surface area contributed by atoms with Gasteiger partial charge in [0.25, 0.3) is 0 Å². The van der Waals surface area contributed by atoms with Gasteiger partial charge in [0.2, 0.25) is 10.0 Å². The number of nitrogens with one attached hydrogen (secondary N) is 2. The van der Waals surface area contributed by atoms with Crippen molar-refractivity contribution in [3.8, 4) is 5.75 Å². The maximum absolute atomic E-state index is 11.9. The Hall–Kier alpha value is -1.80. The van der Waals surface area contributed by atoms with Crippen molar-refractivity contribution in [2.24, 2.45) is 4.99 Å². The van der Waals surface area contributed by atoms with Crippen molar-refractivity contribution < 1.29 is 13.5 Å². The van der Waals surface area contributed by atoms with E-state index in [9.17, 15) is 13.5 Å². The summed E-state index contributed by atoms with van der Waals surface area (Å²) in [6, 6.07) is 7.51. The summed E-state index contributed by atoms with van der Waals surface area (Å²) in [6.45, 7) is 3.60. The lowest BCUT2D eigenvalue weighted by Gasteiger charge is -2.32. The Kier molecular flexibility index (Phi) is 7.71. The molecule has 0 bridgehead atoms. The molecule has 8 heteroatoms. The van der Waals surface area contributed by atoms with Crippen molar-refractivity contribution in [3.63, 3.8) is 0 Å². The number of aliphatic imine (C=N–C) groups is 1. The van der Waals surface area contributed by atoms with Crippen molar-refractivity contribution in [3.05, 3.63) is 29.8 Å². The van der Waals surface area contributed by atoms with E-state index in [1.54, 1.807) is 30.4 Å². The molecule has 0 spiro atoms. The molecule has 0 atom stereocenters. The quantitative estimate of drug-likeness (QED) is 0.375. The molecule has 1 aromatic rings. The molecule has 1 saturated heterocycles. The summed E-state index contributed by atoms with van der Waals surface area (Å²) in [7, 11) is -1.34. The van der Waals surface area contributed by atoms with Gasteiger partial charge in [-0.2, -0.15) is 0 Å². The molecule has 2 rings (SSSR count). The van der Waals surface area contributed by atoms with Crippen LogP contribution in [0.3, 0.4) is 0 Å². The highest BCUT2D eigenvalue weighted by Crippen LogP contribution is 2.14. The molecule has 146 valence electrons. The second kappa shape index (κ2) is 9.78. The van der Waals surface area contributed by atoms with Crippen LogP contribution < -0.4 is 10.6 Å². The van der Waals surface area contributed by atoms with Crippen molar-refractivity contribution in [1.82, 2.24) is 14.9 Å². The molecule has 0 aromatic heterocycles. The minimum atomic E-state index is -3.08. The highest BCUT2D eigenvalue weighted by atomic mass is 32.2. The van der Waals surface area contributed by atoms with Crippen LogP contribution in [0.1, 0.15) is 31.7 Å². The molecule has 7 nitrogen and oxygen atoms in total. The molecule has 0 radical (unpaired) electrons. The zero-order chi connectivity index (χ0) is 19.0. The standard InChI is InChI=1S/C18H30N4O3S/c1-3-26(24,25)22-13-10-16(11-14-22)21-18(19-2)20-12-4-5-15-6-8-17(23)9-7-15/h6-9,16,23H,3-5,10-14H2,1-2H3,(H2,19,20,21). The molecule has 1 fully saturated rings. The van der Waals surface area contributed by atoms with Crippen LogP contribution in [0.2, 0.25) is 0 Å². The molecular weight excluding hydrogens is 352 g/mol. The summed E-state index contributed by atoms with van der Waals surface area (Å²) in [5, 5.41) is 16.0. The third-order valence-electron chi connectivity index (χ3n) is 4.65. The first-order valence-electron chi connectivity index (χ1n) is 9.17. The molecule has 0 unspecified atom stereocenters. The summed E-state index contributed by atoms with van der Waals surface area (Å²) in [4.78, 5) is 4.25. The van der Waals surface area contributed by atoms with E-state index in [4.69, 9.17) is 0 Å². The van der Waals surface area contributed by atoms with E-state index in [2.05, 4.69) is 15.6 Å². The van der Waals surface area contributed by atoms with Gasteiger partial charge in [0.15, 0.2) is 5.96 Å². The van der Waals surface area contributed by atoms with E-state index < -0.39 is 10.0 Å². The van der Waals surface area contributed by atoms with E-state index in [0.29, 0.717) is 13.1 Å². The fraction of sp³-hybridized carbons (Fsp3) is 0.611. The largest absolute Gasteiger partial charge is 0.508 e. The highest BCUT2D eigenvalue weighted by Gasteiger charge is 2.26. The number of hydrogen-bond acceptors (Lipinski definition) is 4. The number of benzene rings is 1. The Bertz CT molecular complexity index is 681. The first kappa shape index (κ1) is 20.5. The van der Waals surface area contributed by atoms with Gasteiger partial charge in [-0.15, -0.1) is 0 Å². The Balaban J connectivity index is 1.69. The van der Waals surface area contributed by atoms with Gasteiger partial charge in [-0.3, -0.25) is 4.99 Å². The van der Waals surface area contributed by atoms with E-state index in [-0.39, 0.29) is 17.5 Å². The van der Waals surface area contributed by atoms with Crippen molar-refractivity contribution >= 4 is 16.0 Å². The van der Waals surface area contributed by atoms with Crippen LogP contribution in [0.5, 0.6) is 5.75 Å². The zero-order valence-electron chi connectivity index (χ0n) is 15.6. The van der Waals surface area contributed by atoms with Gasteiger partial charge in [-0.1, -0.05) is 12.1 Å². The first-order chi connectivity index (χ1) is 12.4. The third-order valence-corrected chi connectivity index (χ3v) is 6.53. The summed E-state index contributed by atoms with van der Waals surface area (Å²) in [6.07, 6.45) is 3.46. The minimum absolute atomic E-state index is 0.162. The van der Waals surface area contributed by atoms with Crippen molar-refractivity contribution in [2.45, 2.75) is 38.6 Å². The minimum Gasteiger partial charge on any atom is -0.508 e. The van der Waals surface area contributed by atoms with E-state index >= 15 is 0 Å². The summed E-state index contributed by atoms with van der Waals surface area (Å²) >= 11 is 0. The van der Waals surface area contributed by atoms with Crippen LogP contribution in [0.25, 0.3) is 0 Å². The summed E-state index contributed by atoms with van der Waals surface area (Å²) in [5.74, 6) is 1.21. The summed E-state index contributed by atoms with van der Waals surface area (Å²) in [5.41, 5.74) is 1.19. The molecular formula is C18H30N4O3S. The Morgan fingerprint density at radius 2 is 1.92 bits per heavy atom. The molecule has 1 aliphatic rings. The maximum atomic E-state index is 11.9. The number of phenols is 1. The monoisotopic (exact) mass is 382 g/mol.